The Labute approximate surface area is 403 Å². The van der Waals surface area contributed by atoms with Crippen molar-refractivity contribution in [2.24, 2.45) is 0 Å². The normalized spacial score (nSPS) is 18.6. The van der Waals surface area contributed by atoms with Crippen LogP contribution in [0.4, 0.5) is 11.4 Å². The second kappa shape index (κ2) is 19.7. The number of carboxylic acids is 1. The standard InChI is InChI=1S/C61H54N2O6/c1-42(65)39-61(40-54(66)46-24-12-6-13-25-46)52-38-47(45-22-10-5-11-23-45)32-33-53(52)62(36-37-69-41-64)56(61)31-15-7-14-30-55-60(3,43(2)44-20-8-4-9-21-44)58-50-28-18-16-26-48(50)49-27-17-19-29-51(49)59(58)63(55)35-34-57(67)68/h4-33,38,41,43H,34-37,39-40H2,1-3H3/p+1. The Morgan fingerprint density at radius 3 is 2.01 bits per heavy atom. The maximum atomic E-state index is 14.5. The predicted octanol–water partition coefficient (Wildman–Crippen LogP) is 12.5. The first-order chi connectivity index (χ1) is 33.6. The Morgan fingerprint density at radius 2 is 1.35 bits per heavy atom. The summed E-state index contributed by atoms with van der Waals surface area (Å²) < 4.78 is 7.37. The average molecular weight is 912 g/mol. The number of benzene rings is 7. The maximum absolute atomic E-state index is 14.5. The van der Waals surface area contributed by atoms with Crippen LogP contribution in [0.25, 0.3) is 32.7 Å². The number of carbonyl (C=O) groups is 4. The highest BCUT2D eigenvalue weighted by molar-refractivity contribution is 6.17. The van der Waals surface area contributed by atoms with Gasteiger partial charge in [0.25, 0.3) is 6.47 Å². The van der Waals surface area contributed by atoms with Crippen LogP contribution in [0.3, 0.4) is 0 Å². The van der Waals surface area contributed by atoms with Crippen molar-refractivity contribution < 1.29 is 33.6 Å². The van der Waals surface area contributed by atoms with Gasteiger partial charge < -0.3 is 14.7 Å². The van der Waals surface area contributed by atoms with Crippen molar-refractivity contribution >= 4 is 62.6 Å². The zero-order valence-corrected chi connectivity index (χ0v) is 39.2. The van der Waals surface area contributed by atoms with Gasteiger partial charge in [0.2, 0.25) is 5.69 Å². The van der Waals surface area contributed by atoms with Crippen molar-refractivity contribution in [3.05, 3.63) is 216 Å². The number of hydrogen-bond acceptors (Lipinski definition) is 6. The molecule has 0 spiro atoms. The predicted molar refractivity (Wildman–Crippen MR) is 276 cm³/mol. The topological polar surface area (TPSA) is 104 Å². The highest BCUT2D eigenvalue weighted by Crippen LogP contribution is 2.59. The van der Waals surface area contributed by atoms with Gasteiger partial charge in [-0.3, -0.25) is 19.2 Å². The molecule has 1 N–H and O–H groups in total. The van der Waals surface area contributed by atoms with E-state index in [0.29, 0.717) is 12.0 Å². The number of carboxylic acid groups (broad SMARTS) is 1. The second-order valence-electron chi connectivity index (χ2n) is 18.3. The van der Waals surface area contributed by atoms with Crippen molar-refractivity contribution in [3.63, 3.8) is 0 Å². The summed E-state index contributed by atoms with van der Waals surface area (Å²) in [4.78, 5) is 54.2. The molecule has 0 saturated carbocycles. The molecular weight excluding hydrogens is 857 g/mol. The fourth-order valence-electron chi connectivity index (χ4n) is 11.1. The maximum Gasteiger partial charge on any atom is 0.305 e. The van der Waals surface area contributed by atoms with Crippen LogP contribution in [-0.2, 0) is 30.0 Å². The zero-order chi connectivity index (χ0) is 48.1. The molecule has 0 fully saturated rings. The third-order valence-electron chi connectivity index (χ3n) is 14.3. The van der Waals surface area contributed by atoms with Crippen LogP contribution in [0.1, 0.15) is 73.0 Å². The lowest BCUT2D eigenvalue weighted by molar-refractivity contribution is -0.440. The fraction of sp³-hybridized carbons (Fsp3) is 0.197. The van der Waals surface area contributed by atoms with Gasteiger partial charge in [-0.05, 0) is 76.4 Å². The van der Waals surface area contributed by atoms with Crippen LogP contribution < -0.4 is 4.90 Å². The number of rotatable bonds is 18. The van der Waals surface area contributed by atoms with E-state index in [1.807, 2.05) is 97.1 Å². The molecule has 7 aromatic rings. The number of nitrogens with zero attached hydrogens (tertiary/aromatic N) is 2. The minimum atomic E-state index is -1.07. The number of ketones is 2. The van der Waals surface area contributed by atoms with Gasteiger partial charge in [-0.2, -0.15) is 4.58 Å². The van der Waals surface area contributed by atoms with Crippen LogP contribution in [0.2, 0.25) is 0 Å². The fourth-order valence-corrected chi connectivity index (χ4v) is 11.1. The van der Waals surface area contributed by atoms with E-state index < -0.39 is 16.8 Å². The molecule has 0 bridgehead atoms. The van der Waals surface area contributed by atoms with Crippen LogP contribution in [-0.4, -0.2) is 59.1 Å². The Kier molecular flexibility index (Phi) is 13.2. The van der Waals surface area contributed by atoms with Crippen molar-refractivity contribution in [2.45, 2.75) is 56.8 Å². The summed E-state index contributed by atoms with van der Waals surface area (Å²) in [6.07, 6.45) is 10.0. The summed E-state index contributed by atoms with van der Waals surface area (Å²) in [7, 11) is 0. The molecule has 7 aromatic carbocycles. The van der Waals surface area contributed by atoms with Crippen LogP contribution in [0.15, 0.2) is 194 Å². The van der Waals surface area contributed by atoms with E-state index >= 15 is 0 Å². The third kappa shape index (κ3) is 8.63. The molecule has 2 aliphatic rings. The molecular formula is C61H55N2O6+. The molecule has 0 amide bonds. The van der Waals surface area contributed by atoms with E-state index in [-0.39, 0.29) is 56.4 Å². The van der Waals surface area contributed by atoms with E-state index in [1.165, 1.54) is 0 Å². The van der Waals surface area contributed by atoms with Gasteiger partial charge in [-0.1, -0.05) is 165 Å². The quantitative estimate of drug-likeness (QED) is 0.0228. The first-order valence-corrected chi connectivity index (χ1v) is 23.6. The number of fused-ring (bicyclic) bond motifs is 7. The van der Waals surface area contributed by atoms with Crippen molar-refractivity contribution in [1.29, 1.82) is 0 Å². The first-order valence-electron chi connectivity index (χ1n) is 23.6. The van der Waals surface area contributed by atoms with Gasteiger partial charge in [-0.25, -0.2) is 0 Å². The van der Waals surface area contributed by atoms with Gasteiger partial charge in [-0.15, -0.1) is 0 Å². The Balaban J connectivity index is 1.22. The van der Waals surface area contributed by atoms with E-state index in [1.54, 1.807) is 19.1 Å². The van der Waals surface area contributed by atoms with Crippen molar-refractivity contribution in [2.75, 3.05) is 24.6 Å². The molecule has 2 heterocycles. The van der Waals surface area contributed by atoms with Crippen molar-refractivity contribution in [3.8, 4) is 11.1 Å². The van der Waals surface area contributed by atoms with E-state index in [0.717, 1.165) is 72.1 Å². The van der Waals surface area contributed by atoms with Crippen LogP contribution in [0.5, 0.6) is 0 Å². The minimum absolute atomic E-state index is 0.0226. The summed E-state index contributed by atoms with van der Waals surface area (Å²) in [6, 6.07) is 52.8. The van der Waals surface area contributed by atoms with Gasteiger partial charge in [0, 0.05) is 59.2 Å². The number of Topliss-reactive ketones (excluding diaryl/α,β-unsaturated/α-hetero) is 2. The average Bonchev–Trinajstić information content (AvgIpc) is 3.77. The summed E-state index contributed by atoms with van der Waals surface area (Å²) in [5.41, 5.74) is 7.56. The number of carbonyl (C=O) groups excluding carboxylic acids is 3. The lowest BCUT2D eigenvalue weighted by atomic mass is 9.67. The molecule has 8 nitrogen and oxygen atoms in total. The first kappa shape index (κ1) is 46.2. The lowest BCUT2D eigenvalue weighted by Gasteiger charge is -2.36. The second-order valence-corrected chi connectivity index (χ2v) is 18.3. The molecule has 0 aliphatic carbocycles. The smallest absolute Gasteiger partial charge is 0.305 e. The van der Waals surface area contributed by atoms with Gasteiger partial charge in [0.05, 0.1) is 12.1 Å². The highest BCUT2D eigenvalue weighted by Gasteiger charge is 2.53. The summed E-state index contributed by atoms with van der Waals surface area (Å²) in [5, 5.41) is 14.6. The third-order valence-corrected chi connectivity index (χ3v) is 14.3. The zero-order valence-electron chi connectivity index (χ0n) is 39.2. The Morgan fingerprint density at radius 1 is 0.725 bits per heavy atom. The van der Waals surface area contributed by atoms with E-state index in [2.05, 4.69) is 102 Å². The Hall–Kier alpha value is -7.97. The lowest BCUT2D eigenvalue weighted by Crippen LogP contribution is -2.39. The molecule has 9 rings (SSSR count). The van der Waals surface area contributed by atoms with E-state index in [9.17, 15) is 24.3 Å². The van der Waals surface area contributed by atoms with Crippen LogP contribution >= 0.6 is 0 Å². The van der Waals surface area contributed by atoms with Gasteiger partial charge in [0.1, 0.15) is 17.8 Å². The number of aliphatic carboxylic acids is 1. The summed E-state index contributed by atoms with van der Waals surface area (Å²) in [6.45, 7) is 7.18. The molecule has 344 valence electrons. The molecule has 2 aliphatic heterocycles. The highest BCUT2D eigenvalue weighted by atomic mass is 16.5. The van der Waals surface area contributed by atoms with Crippen LogP contribution in [0, 0.1) is 0 Å². The Bertz CT molecular complexity index is 3230. The molecule has 69 heavy (non-hydrogen) atoms. The number of anilines is 1. The molecule has 0 radical (unpaired) electrons. The largest absolute Gasteiger partial charge is 0.481 e. The number of ether oxygens (including phenoxy) is 1. The molecule has 3 unspecified atom stereocenters. The van der Waals surface area contributed by atoms with Gasteiger partial charge in [0.15, 0.2) is 18.0 Å². The number of allylic oxidation sites excluding steroid dienone is 6. The minimum Gasteiger partial charge on any atom is -0.481 e. The summed E-state index contributed by atoms with van der Waals surface area (Å²) in [5.74, 6) is -1.08. The van der Waals surface area contributed by atoms with Gasteiger partial charge >= 0.3 is 5.97 Å². The molecule has 3 atom stereocenters. The molecule has 0 saturated heterocycles. The SMILES string of the molecule is CC(=O)CC1(CC(=O)c2ccccc2)C(C=CC=CC=C2N(CCC(=O)O)c3c(c4ccccc4c4ccccc34)C2(C)C(C)c2ccccc2)=[N+](CCOC=O)c2ccc(-c3ccccc3)cc21. The molecule has 8 heteroatoms. The summed E-state index contributed by atoms with van der Waals surface area (Å²) >= 11 is 0. The molecule has 0 aromatic heterocycles. The number of hydrogen-bond donors (Lipinski definition) is 1. The van der Waals surface area contributed by atoms with E-state index in [4.69, 9.17) is 4.74 Å². The monoisotopic (exact) mass is 911 g/mol. The van der Waals surface area contributed by atoms with Crippen molar-refractivity contribution in [1.82, 2.24) is 0 Å².